The van der Waals surface area contributed by atoms with E-state index in [1.807, 2.05) is 4.83 Å². The van der Waals surface area contributed by atoms with E-state index in [9.17, 15) is 30.0 Å². The lowest BCUT2D eigenvalue weighted by molar-refractivity contribution is -0.137. The number of pyridine rings is 1. The van der Waals surface area contributed by atoms with Gasteiger partial charge in [0, 0.05) is 18.3 Å². The number of sulfonamides is 2. The number of hydrogen-bond donors (Lipinski definition) is 2. The van der Waals surface area contributed by atoms with Gasteiger partial charge < -0.3 is 0 Å². The van der Waals surface area contributed by atoms with Crippen LogP contribution in [-0.4, -0.2) is 38.2 Å². The van der Waals surface area contributed by atoms with Crippen LogP contribution in [0.2, 0.25) is 0 Å². The summed E-state index contributed by atoms with van der Waals surface area (Å²) >= 11 is 0. The molecule has 0 amide bonds. The Kier molecular flexibility index (Phi) is 7.35. The van der Waals surface area contributed by atoms with E-state index >= 15 is 0 Å². The van der Waals surface area contributed by atoms with E-state index in [0.29, 0.717) is 6.07 Å². The van der Waals surface area contributed by atoms with Gasteiger partial charge in [-0.3, -0.25) is 5.43 Å². The highest BCUT2D eigenvalue weighted by Crippen LogP contribution is 2.30. The number of nitrogens with one attached hydrogen (secondary N) is 2. The van der Waals surface area contributed by atoms with Crippen molar-refractivity contribution in [2.45, 2.75) is 55.7 Å². The Morgan fingerprint density at radius 1 is 0.935 bits per heavy atom. The van der Waals surface area contributed by atoms with Crippen LogP contribution in [0.1, 0.15) is 33.3 Å². The Labute approximate surface area is 179 Å². The summed E-state index contributed by atoms with van der Waals surface area (Å²) in [5, 5.41) is 0. The van der Waals surface area contributed by atoms with Crippen LogP contribution < -0.4 is 10.3 Å². The Morgan fingerprint density at radius 2 is 1.55 bits per heavy atom. The van der Waals surface area contributed by atoms with E-state index in [2.05, 4.69) is 10.4 Å². The van der Waals surface area contributed by atoms with Gasteiger partial charge in [0.15, 0.2) is 0 Å². The summed E-state index contributed by atoms with van der Waals surface area (Å²) in [5.41, 5.74) is 1.15. The van der Waals surface area contributed by atoms with Crippen molar-refractivity contribution in [3.8, 4) is 0 Å². The lowest BCUT2D eigenvalue weighted by Crippen LogP contribution is -2.41. The first-order valence-corrected chi connectivity index (χ1v) is 12.0. The molecule has 172 valence electrons. The van der Waals surface area contributed by atoms with Crippen molar-refractivity contribution < 1.29 is 30.0 Å². The summed E-state index contributed by atoms with van der Waals surface area (Å²) in [4.78, 5) is 5.12. The monoisotopic (exact) mass is 480 g/mol. The molecule has 8 nitrogen and oxygen atoms in total. The number of halogens is 3. The second kappa shape index (κ2) is 9.10. The maximum Gasteiger partial charge on any atom is 0.416 e. The summed E-state index contributed by atoms with van der Waals surface area (Å²) in [7, 11) is -8.17. The smallest absolute Gasteiger partial charge is 0.292 e. The zero-order valence-electron chi connectivity index (χ0n) is 17.2. The minimum absolute atomic E-state index is 0.0462. The standard InChI is InChI=1S/C18H23F3N4O4S2/c1-12(2)25(13(3)4)31(28,29)16-8-9-17(22-11-16)23-24-30(26,27)15-7-5-6-14(10-15)18(19,20)21/h5-13,24H,1-4H3,(H,22,23). The number of rotatable bonds is 8. The summed E-state index contributed by atoms with van der Waals surface area (Å²) in [6.45, 7) is 6.96. The van der Waals surface area contributed by atoms with Crippen molar-refractivity contribution in [3.05, 3.63) is 48.2 Å². The van der Waals surface area contributed by atoms with Gasteiger partial charge >= 0.3 is 6.18 Å². The van der Waals surface area contributed by atoms with Crippen LogP contribution in [0.25, 0.3) is 0 Å². The van der Waals surface area contributed by atoms with Gasteiger partial charge in [-0.05, 0) is 58.0 Å². The molecule has 0 aliphatic rings. The second-order valence-electron chi connectivity index (χ2n) is 7.16. The molecule has 1 aromatic carbocycles. The average Bonchev–Trinajstić information content (AvgIpc) is 2.65. The number of alkyl halides is 3. The molecule has 0 saturated carbocycles. The molecule has 2 aromatic rings. The Morgan fingerprint density at radius 3 is 2.03 bits per heavy atom. The predicted molar refractivity (Wildman–Crippen MR) is 109 cm³/mol. The first-order chi connectivity index (χ1) is 14.2. The molecular weight excluding hydrogens is 457 g/mol. The molecule has 0 bridgehead atoms. The van der Waals surface area contributed by atoms with Crippen molar-refractivity contribution in [2.75, 3.05) is 5.43 Å². The highest BCUT2D eigenvalue weighted by atomic mass is 32.2. The van der Waals surface area contributed by atoms with Gasteiger partial charge in [0.25, 0.3) is 10.0 Å². The minimum Gasteiger partial charge on any atom is -0.292 e. The molecule has 0 spiro atoms. The van der Waals surface area contributed by atoms with E-state index < -0.39 is 36.7 Å². The molecule has 13 heteroatoms. The quantitative estimate of drug-likeness (QED) is 0.562. The summed E-state index contributed by atoms with van der Waals surface area (Å²) in [6.07, 6.45) is -3.63. The Balaban J connectivity index is 2.19. The lowest BCUT2D eigenvalue weighted by Gasteiger charge is -2.29. The molecule has 0 aliphatic heterocycles. The fraction of sp³-hybridized carbons (Fsp3) is 0.389. The molecule has 2 rings (SSSR count). The third kappa shape index (κ3) is 5.93. The van der Waals surface area contributed by atoms with Crippen molar-refractivity contribution in [3.63, 3.8) is 0 Å². The van der Waals surface area contributed by atoms with Crippen LogP contribution in [0.5, 0.6) is 0 Å². The van der Waals surface area contributed by atoms with Crippen molar-refractivity contribution in [1.82, 2.24) is 14.1 Å². The van der Waals surface area contributed by atoms with Gasteiger partial charge in [-0.1, -0.05) is 6.07 Å². The molecule has 31 heavy (non-hydrogen) atoms. The minimum atomic E-state index is -4.69. The van der Waals surface area contributed by atoms with Crippen LogP contribution in [0.3, 0.4) is 0 Å². The van der Waals surface area contributed by atoms with E-state index in [0.717, 1.165) is 24.4 Å². The fourth-order valence-electron chi connectivity index (χ4n) is 2.90. The van der Waals surface area contributed by atoms with Gasteiger partial charge in [-0.2, -0.15) is 17.5 Å². The zero-order valence-corrected chi connectivity index (χ0v) is 18.8. The molecule has 0 unspecified atom stereocenters. The van der Waals surface area contributed by atoms with E-state index in [-0.39, 0.29) is 22.8 Å². The zero-order chi connectivity index (χ0) is 23.6. The van der Waals surface area contributed by atoms with Crippen molar-refractivity contribution in [1.29, 1.82) is 0 Å². The van der Waals surface area contributed by atoms with E-state index in [1.165, 1.54) is 16.4 Å². The molecule has 1 aromatic heterocycles. The van der Waals surface area contributed by atoms with Gasteiger partial charge in [-0.25, -0.2) is 21.8 Å². The van der Waals surface area contributed by atoms with Crippen LogP contribution in [0.4, 0.5) is 19.0 Å². The van der Waals surface area contributed by atoms with Gasteiger partial charge in [-0.15, -0.1) is 4.83 Å². The molecule has 2 N–H and O–H groups in total. The maximum atomic E-state index is 12.8. The maximum absolute atomic E-state index is 12.8. The van der Waals surface area contributed by atoms with Gasteiger partial charge in [0.2, 0.25) is 10.0 Å². The third-order valence-corrected chi connectivity index (χ3v) is 7.60. The molecule has 1 heterocycles. The number of benzene rings is 1. The van der Waals surface area contributed by atoms with Crippen LogP contribution in [0.15, 0.2) is 52.4 Å². The Hall–Kier alpha value is -2.22. The molecule has 0 aliphatic carbocycles. The van der Waals surface area contributed by atoms with E-state index in [1.54, 1.807) is 27.7 Å². The normalized spacial score (nSPS) is 13.2. The number of aromatic nitrogens is 1. The number of nitrogens with zero attached hydrogens (tertiary/aromatic N) is 2. The topological polar surface area (TPSA) is 108 Å². The van der Waals surface area contributed by atoms with Crippen LogP contribution >= 0.6 is 0 Å². The predicted octanol–water partition coefficient (Wildman–Crippen LogP) is 3.21. The molecule has 0 fully saturated rings. The van der Waals surface area contributed by atoms with Gasteiger partial charge in [0.1, 0.15) is 10.7 Å². The first kappa shape index (κ1) is 25.0. The van der Waals surface area contributed by atoms with Crippen molar-refractivity contribution >= 4 is 25.9 Å². The molecule has 0 atom stereocenters. The average molecular weight is 481 g/mol. The number of hydrazine groups is 1. The number of hydrogen-bond acceptors (Lipinski definition) is 6. The SMILES string of the molecule is CC(C)N(C(C)C)S(=O)(=O)c1ccc(NNS(=O)(=O)c2cccc(C(F)(F)F)c2)nc1. The highest BCUT2D eigenvalue weighted by Gasteiger charge is 2.32. The summed E-state index contributed by atoms with van der Waals surface area (Å²) in [6, 6.07) is 5.15. The van der Waals surface area contributed by atoms with Crippen LogP contribution in [-0.2, 0) is 26.2 Å². The second-order valence-corrected chi connectivity index (χ2v) is 10.7. The third-order valence-electron chi connectivity index (χ3n) is 4.11. The van der Waals surface area contributed by atoms with Gasteiger partial charge in [0.05, 0.1) is 10.5 Å². The van der Waals surface area contributed by atoms with Crippen molar-refractivity contribution in [2.24, 2.45) is 0 Å². The fourth-order valence-corrected chi connectivity index (χ4v) is 5.57. The molecule has 0 radical (unpaired) electrons. The largest absolute Gasteiger partial charge is 0.416 e. The van der Waals surface area contributed by atoms with E-state index in [4.69, 9.17) is 0 Å². The summed E-state index contributed by atoms with van der Waals surface area (Å²) < 4.78 is 89.9. The molecule has 0 saturated heterocycles. The number of anilines is 1. The Bertz CT molecular complexity index is 1110. The summed E-state index contributed by atoms with van der Waals surface area (Å²) in [5.74, 6) is -0.0462. The highest BCUT2D eigenvalue weighted by molar-refractivity contribution is 7.89. The molecular formula is C18H23F3N4O4S2. The lowest BCUT2D eigenvalue weighted by atomic mass is 10.2. The van der Waals surface area contributed by atoms with Crippen LogP contribution in [0, 0.1) is 0 Å². The first-order valence-electron chi connectivity index (χ1n) is 9.11.